The lowest BCUT2D eigenvalue weighted by Crippen LogP contribution is -2.28. The smallest absolute Gasteiger partial charge is 0.0620 e. The minimum absolute atomic E-state index is 0.571. The van der Waals surface area contributed by atoms with Crippen LogP contribution in [0, 0.1) is 0 Å². The summed E-state index contributed by atoms with van der Waals surface area (Å²) in [6, 6.07) is 5.03. The van der Waals surface area contributed by atoms with E-state index in [1.54, 1.807) is 0 Å². The molecule has 1 aliphatic heterocycles. The molecule has 1 aromatic heterocycles. The van der Waals surface area contributed by atoms with Gasteiger partial charge in [-0.25, -0.2) is 0 Å². The van der Waals surface area contributed by atoms with Crippen LogP contribution in [0.4, 0.5) is 0 Å². The first-order chi connectivity index (χ1) is 6.88. The molecule has 1 saturated heterocycles. The van der Waals surface area contributed by atoms with Crippen LogP contribution in [0.1, 0.15) is 23.1 Å². The van der Waals surface area contributed by atoms with Gasteiger partial charge in [-0.15, -0.1) is 11.3 Å². The Morgan fingerprint density at radius 2 is 2.36 bits per heavy atom. The van der Waals surface area contributed by atoms with E-state index in [1.165, 1.54) is 9.75 Å². The van der Waals surface area contributed by atoms with Gasteiger partial charge in [0.05, 0.1) is 6.61 Å². The quantitative estimate of drug-likeness (QED) is 0.824. The van der Waals surface area contributed by atoms with E-state index in [9.17, 15) is 0 Å². The zero-order chi connectivity index (χ0) is 9.80. The lowest BCUT2D eigenvalue weighted by atomic mass is 10.2. The highest BCUT2D eigenvalue weighted by atomic mass is 32.1. The molecule has 0 bridgehead atoms. The Bertz CT molecular complexity index is 279. The molecule has 78 valence electrons. The molecule has 1 aromatic rings. The van der Waals surface area contributed by atoms with Gasteiger partial charge in [0.15, 0.2) is 0 Å². The summed E-state index contributed by atoms with van der Waals surface area (Å²) in [6.45, 7) is 5.00. The number of thiophene rings is 1. The summed E-state index contributed by atoms with van der Waals surface area (Å²) in [7, 11) is 0. The number of rotatable bonds is 4. The third kappa shape index (κ3) is 2.56. The zero-order valence-corrected chi connectivity index (χ0v) is 9.40. The van der Waals surface area contributed by atoms with Gasteiger partial charge < -0.3 is 10.1 Å². The molecule has 14 heavy (non-hydrogen) atoms. The van der Waals surface area contributed by atoms with Gasteiger partial charge >= 0.3 is 0 Å². The fourth-order valence-corrected chi connectivity index (χ4v) is 2.56. The standard InChI is InChI=1S/C11H17NOS/c1-2-10-3-4-11(14-10)7-12-9-5-6-13-8-9/h3-4,9,12H,2,5-8H2,1H3. The molecule has 0 saturated carbocycles. The van der Waals surface area contributed by atoms with Gasteiger partial charge in [0.2, 0.25) is 0 Å². The van der Waals surface area contributed by atoms with Crippen LogP contribution in [0.2, 0.25) is 0 Å². The third-order valence-electron chi connectivity index (χ3n) is 2.56. The maximum absolute atomic E-state index is 5.31. The average Bonchev–Trinajstić information content (AvgIpc) is 2.86. The molecule has 1 unspecified atom stereocenters. The Balaban J connectivity index is 1.79. The van der Waals surface area contributed by atoms with Crippen molar-refractivity contribution in [1.82, 2.24) is 5.32 Å². The lowest BCUT2D eigenvalue weighted by molar-refractivity contribution is 0.190. The molecule has 1 fully saturated rings. The first-order valence-corrected chi connectivity index (χ1v) is 6.09. The van der Waals surface area contributed by atoms with Gasteiger partial charge in [0, 0.05) is 28.9 Å². The molecule has 0 radical (unpaired) electrons. The number of hydrogen-bond donors (Lipinski definition) is 1. The summed E-state index contributed by atoms with van der Waals surface area (Å²) in [5, 5.41) is 3.52. The molecule has 1 atom stereocenters. The van der Waals surface area contributed by atoms with Crippen LogP contribution in [-0.4, -0.2) is 19.3 Å². The Labute approximate surface area is 89.3 Å². The zero-order valence-electron chi connectivity index (χ0n) is 8.58. The van der Waals surface area contributed by atoms with Crippen molar-refractivity contribution in [2.75, 3.05) is 13.2 Å². The van der Waals surface area contributed by atoms with E-state index in [0.29, 0.717) is 6.04 Å². The van der Waals surface area contributed by atoms with Gasteiger partial charge in [-0.1, -0.05) is 6.92 Å². The maximum atomic E-state index is 5.31. The SMILES string of the molecule is CCc1ccc(CNC2CCOC2)s1. The summed E-state index contributed by atoms with van der Waals surface area (Å²) < 4.78 is 5.31. The molecule has 2 heterocycles. The summed E-state index contributed by atoms with van der Waals surface area (Å²) in [6.07, 6.45) is 2.31. The van der Waals surface area contributed by atoms with Crippen molar-refractivity contribution >= 4 is 11.3 Å². The van der Waals surface area contributed by atoms with Gasteiger partial charge in [-0.05, 0) is 25.0 Å². The lowest BCUT2D eigenvalue weighted by Gasteiger charge is -2.08. The highest BCUT2D eigenvalue weighted by molar-refractivity contribution is 7.11. The van der Waals surface area contributed by atoms with E-state index in [2.05, 4.69) is 24.4 Å². The van der Waals surface area contributed by atoms with E-state index < -0.39 is 0 Å². The van der Waals surface area contributed by atoms with E-state index in [4.69, 9.17) is 4.74 Å². The molecular weight excluding hydrogens is 194 g/mol. The van der Waals surface area contributed by atoms with Crippen LogP contribution >= 0.6 is 11.3 Å². The predicted molar refractivity (Wildman–Crippen MR) is 59.8 cm³/mol. The van der Waals surface area contributed by atoms with Crippen molar-refractivity contribution in [2.24, 2.45) is 0 Å². The number of ether oxygens (including phenoxy) is 1. The van der Waals surface area contributed by atoms with Crippen LogP contribution in [0.5, 0.6) is 0 Å². The predicted octanol–water partition coefficient (Wildman–Crippen LogP) is 2.19. The Hall–Kier alpha value is -0.380. The number of aryl methyl sites for hydroxylation is 1. The molecule has 1 aliphatic rings. The monoisotopic (exact) mass is 211 g/mol. The van der Waals surface area contributed by atoms with Crippen LogP contribution in [0.25, 0.3) is 0 Å². The summed E-state index contributed by atoms with van der Waals surface area (Å²) in [4.78, 5) is 2.92. The highest BCUT2D eigenvalue weighted by Crippen LogP contribution is 2.17. The van der Waals surface area contributed by atoms with E-state index in [-0.39, 0.29) is 0 Å². The molecule has 1 N–H and O–H groups in total. The molecule has 0 aromatic carbocycles. The largest absolute Gasteiger partial charge is 0.380 e. The number of nitrogens with one attached hydrogen (secondary N) is 1. The maximum Gasteiger partial charge on any atom is 0.0620 e. The molecule has 0 aliphatic carbocycles. The van der Waals surface area contributed by atoms with Crippen LogP contribution in [0.3, 0.4) is 0 Å². The van der Waals surface area contributed by atoms with Crippen molar-refractivity contribution in [3.8, 4) is 0 Å². The Kier molecular flexibility index (Phi) is 3.56. The van der Waals surface area contributed by atoms with Gasteiger partial charge in [0.25, 0.3) is 0 Å². The highest BCUT2D eigenvalue weighted by Gasteiger charge is 2.14. The second kappa shape index (κ2) is 4.91. The normalized spacial score (nSPS) is 21.6. The van der Waals surface area contributed by atoms with E-state index in [0.717, 1.165) is 32.6 Å². The van der Waals surface area contributed by atoms with Gasteiger partial charge in [-0.3, -0.25) is 0 Å². The second-order valence-electron chi connectivity index (χ2n) is 3.66. The molecule has 2 rings (SSSR count). The topological polar surface area (TPSA) is 21.3 Å². The second-order valence-corrected chi connectivity index (χ2v) is 4.92. The van der Waals surface area contributed by atoms with Crippen molar-refractivity contribution in [1.29, 1.82) is 0 Å². The Morgan fingerprint density at radius 3 is 3.00 bits per heavy atom. The van der Waals surface area contributed by atoms with E-state index >= 15 is 0 Å². The van der Waals surface area contributed by atoms with Crippen molar-refractivity contribution < 1.29 is 4.74 Å². The molecule has 3 heteroatoms. The fraction of sp³-hybridized carbons (Fsp3) is 0.636. The minimum Gasteiger partial charge on any atom is -0.380 e. The number of hydrogen-bond acceptors (Lipinski definition) is 3. The molecule has 0 amide bonds. The first-order valence-electron chi connectivity index (χ1n) is 5.27. The van der Waals surface area contributed by atoms with Crippen LogP contribution in [-0.2, 0) is 17.7 Å². The summed E-state index contributed by atoms with van der Waals surface area (Å²) in [5.41, 5.74) is 0. The first kappa shape index (κ1) is 10.1. The molecule has 0 spiro atoms. The van der Waals surface area contributed by atoms with Crippen molar-refractivity contribution in [3.63, 3.8) is 0 Å². The minimum atomic E-state index is 0.571. The fourth-order valence-electron chi connectivity index (χ4n) is 1.65. The molecular formula is C11H17NOS. The molecule has 2 nitrogen and oxygen atoms in total. The average molecular weight is 211 g/mol. The van der Waals surface area contributed by atoms with Gasteiger partial charge in [0.1, 0.15) is 0 Å². The van der Waals surface area contributed by atoms with E-state index in [1.807, 2.05) is 11.3 Å². The Morgan fingerprint density at radius 1 is 1.50 bits per heavy atom. The van der Waals surface area contributed by atoms with Crippen molar-refractivity contribution in [3.05, 3.63) is 21.9 Å². The van der Waals surface area contributed by atoms with Crippen molar-refractivity contribution in [2.45, 2.75) is 32.4 Å². The van der Waals surface area contributed by atoms with Crippen LogP contribution in [0.15, 0.2) is 12.1 Å². The summed E-state index contributed by atoms with van der Waals surface area (Å²) in [5.74, 6) is 0. The third-order valence-corrected chi connectivity index (χ3v) is 3.79. The van der Waals surface area contributed by atoms with Crippen LogP contribution < -0.4 is 5.32 Å². The summed E-state index contributed by atoms with van der Waals surface area (Å²) >= 11 is 1.91. The van der Waals surface area contributed by atoms with Gasteiger partial charge in [-0.2, -0.15) is 0 Å².